The van der Waals surface area contributed by atoms with Crippen molar-refractivity contribution in [2.24, 2.45) is 7.05 Å². The number of nitrogens with one attached hydrogen (secondary N) is 1. The molecule has 2 heterocycles. The van der Waals surface area contributed by atoms with Crippen LogP contribution in [-0.4, -0.2) is 25.6 Å². The van der Waals surface area contributed by atoms with Crippen LogP contribution in [0, 0.1) is 5.82 Å². The Morgan fingerprint density at radius 2 is 2.03 bits per heavy atom. The third-order valence-corrected chi connectivity index (χ3v) is 4.90. The highest BCUT2D eigenvalue weighted by Crippen LogP contribution is 2.22. The van der Waals surface area contributed by atoms with E-state index in [2.05, 4.69) is 20.4 Å². The third-order valence-electron chi connectivity index (χ3n) is 4.90. The topological polar surface area (TPSA) is 85.8 Å². The number of aromatic nitrogens is 4. The maximum absolute atomic E-state index is 13.8. The molecular formula is C23H22FN5O2. The molecule has 0 aliphatic carbocycles. The smallest absolute Gasteiger partial charge is 0.226 e. The van der Waals surface area contributed by atoms with E-state index < -0.39 is 6.04 Å². The minimum absolute atomic E-state index is 0.167. The Morgan fingerprint density at radius 3 is 2.77 bits per heavy atom. The first kappa shape index (κ1) is 20.5. The molecular weight excluding hydrogens is 397 g/mol. The molecule has 0 spiro atoms. The molecule has 0 bridgehead atoms. The summed E-state index contributed by atoms with van der Waals surface area (Å²) >= 11 is 0. The van der Waals surface area contributed by atoms with Gasteiger partial charge in [0.1, 0.15) is 17.7 Å². The summed E-state index contributed by atoms with van der Waals surface area (Å²) in [6, 6.07) is 15.2. The van der Waals surface area contributed by atoms with Gasteiger partial charge in [-0.15, -0.1) is 0 Å². The monoisotopic (exact) mass is 419 g/mol. The van der Waals surface area contributed by atoms with Crippen LogP contribution in [0.5, 0.6) is 0 Å². The molecule has 0 saturated heterocycles. The summed E-state index contributed by atoms with van der Waals surface area (Å²) in [4.78, 5) is 21.3. The molecule has 0 aliphatic rings. The number of benzene rings is 2. The summed E-state index contributed by atoms with van der Waals surface area (Å²) in [5.74, 6) is 1.11. The molecule has 1 atom stereocenters. The predicted octanol–water partition coefficient (Wildman–Crippen LogP) is 3.84. The minimum atomic E-state index is -0.545. The zero-order valence-corrected chi connectivity index (χ0v) is 17.0. The van der Waals surface area contributed by atoms with Crippen LogP contribution in [0.15, 0.2) is 71.5 Å². The van der Waals surface area contributed by atoms with E-state index in [1.807, 2.05) is 37.4 Å². The standard InChI is InChI=1S/C23H22FN5O2/c1-29-14-13-25-23(29)21(17-9-5-10-18(24)15-17)26-19(30)11-6-12-20-27-22(28-31-20)16-7-3-2-4-8-16/h2-5,7-10,13-15,21H,6,11-12H2,1H3,(H,26,30). The second kappa shape index (κ2) is 9.34. The maximum Gasteiger partial charge on any atom is 0.226 e. The molecule has 7 nitrogen and oxygen atoms in total. The van der Waals surface area contributed by atoms with Crippen molar-refractivity contribution in [3.8, 4) is 11.4 Å². The Bertz CT molecular complexity index is 1160. The lowest BCUT2D eigenvalue weighted by molar-refractivity contribution is -0.121. The van der Waals surface area contributed by atoms with Gasteiger partial charge in [0, 0.05) is 37.8 Å². The first-order chi connectivity index (χ1) is 15.1. The Morgan fingerprint density at radius 1 is 1.19 bits per heavy atom. The third kappa shape index (κ3) is 5.03. The summed E-state index contributed by atoms with van der Waals surface area (Å²) in [6.07, 6.45) is 4.72. The average Bonchev–Trinajstić information content (AvgIpc) is 3.42. The van der Waals surface area contributed by atoms with Crippen molar-refractivity contribution in [2.75, 3.05) is 0 Å². The van der Waals surface area contributed by atoms with Gasteiger partial charge in [-0.25, -0.2) is 9.37 Å². The molecule has 1 N–H and O–H groups in total. The molecule has 0 fully saturated rings. The largest absolute Gasteiger partial charge is 0.342 e. The number of nitrogens with zero attached hydrogens (tertiary/aromatic N) is 4. The van der Waals surface area contributed by atoms with E-state index in [1.165, 1.54) is 12.1 Å². The summed E-state index contributed by atoms with van der Waals surface area (Å²) < 4.78 is 20.9. The lowest BCUT2D eigenvalue weighted by Gasteiger charge is -2.19. The number of halogens is 1. The number of carbonyl (C=O) groups is 1. The van der Waals surface area contributed by atoms with E-state index in [0.717, 1.165) is 5.56 Å². The molecule has 0 aliphatic heterocycles. The van der Waals surface area contributed by atoms with Gasteiger partial charge < -0.3 is 14.4 Å². The van der Waals surface area contributed by atoms with E-state index in [-0.39, 0.29) is 18.1 Å². The number of carbonyl (C=O) groups excluding carboxylic acids is 1. The Hall–Kier alpha value is -3.81. The van der Waals surface area contributed by atoms with E-state index >= 15 is 0 Å². The summed E-state index contributed by atoms with van der Waals surface area (Å²) in [7, 11) is 1.83. The van der Waals surface area contributed by atoms with Gasteiger partial charge in [0.2, 0.25) is 17.6 Å². The Labute approximate surface area is 178 Å². The highest BCUT2D eigenvalue weighted by molar-refractivity contribution is 5.76. The Balaban J connectivity index is 1.37. The molecule has 2 aromatic heterocycles. The van der Waals surface area contributed by atoms with Crippen molar-refractivity contribution in [3.63, 3.8) is 0 Å². The molecule has 8 heteroatoms. The molecule has 1 amide bonds. The van der Waals surface area contributed by atoms with Gasteiger partial charge in [-0.1, -0.05) is 47.6 Å². The first-order valence-corrected chi connectivity index (χ1v) is 10.00. The van der Waals surface area contributed by atoms with Crippen LogP contribution in [0.3, 0.4) is 0 Å². The van der Waals surface area contributed by atoms with Gasteiger partial charge in [0.15, 0.2) is 0 Å². The number of hydrogen-bond acceptors (Lipinski definition) is 5. The van der Waals surface area contributed by atoms with Crippen LogP contribution in [0.25, 0.3) is 11.4 Å². The molecule has 0 radical (unpaired) electrons. The molecule has 4 aromatic rings. The summed E-state index contributed by atoms with van der Waals surface area (Å²) in [6.45, 7) is 0. The second-order valence-corrected chi connectivity index (χ2v) is 7.18. The number of rotatable bonds is 8. The van der Waals surface area contributed by atoms with Gasteiger partial charge in [-0.05, 0) is 24.1 Å². The van der Waals surface area contributed by atoms with Gasteiger partial charge >= 0.3 is 0 Å². The zero-order chi connectivity index (χ0) is 21.6. The summed E-state index contributed by atoms with van der Waals surface area (Å²) in [5, 5.41) is 6.96. The van der Waals surface area contributed by atoms with Crippen LogP contribution in [0.4, 0.5) is 4.39 Å². The number of aryl methyl sites for hydroxylation is 2. The van der Waals surface area contributed by atoms with Gasteiger partial charge in [0.05, 0.1) is 0 Å². The normalized spacial score (nSPS) is 11.9. The number of amides is 1. The van der Waals surface area contributed by atoms with Crippen molar-refractivity contribution in [3.05, 3.63) is 90.1 Å². The minimum Gasteiger partial charge on any atom is -0.342 e. The lowest BCUT2D eigenvalue weighted by Crippen LogP contribution is -2.31. The van der Waals surface area contributed by atoms with Crippen molar-refractivity contribution < 1.29 is 13.7 Å². The molecule has 4 rings (SSSR count). The van der Waals surface area contributed by atoms with Gasteiger partial charge in [-0.3, -0.25) is 4.79 Å². The lowest BCUT2D eigenvalue weighted by atomic mass is 10.1. The first-order valence-electron chi connectivity index (χ1n) is 10.00. The fraction of sp³-hybridized carbons (Fsp3) is 0.217. The number of hydrogen-bond donors (Lipinski definition) is 1. The van der Waals surface area contributed by atoms with Gasteiger partial charge in [-0.2, -0.15) is 4.98 Å². The predicted molar refractivity (Wildman–Crippen MR) is 112 cm³/mol. The molecule has 2 aromatic carbocycles. The van der Waals surface area contributed by atoms with Crippen molar-refractivity contribution in [2.45, 2.75) is 25.3 Å². The quantitative estimate of drug-likeness (QED) is 0.469. The van der Waals surface area contributed by atoms with Crippen molar-refractivity contribution in [1.29, 1.82) is 0 Å². The number of imidazole rings is 1. The van der Waals surface area contributed by atoms with E-state index in [0.29, 0.717) is 35.9 Å². The average molecular weight is 419 g/mol. The van der Waals surface area contributed by atoms with Crippen molar-refractivity contribution in [1.82, 2.24) is 25.0 Å². The molecule has 31 heavy (non-hydrogen) atoms. The van der Waals surface area contributed by atoms with E-state index in [9.17, 15) is 9.18 Å². The van der Waals surface area contributed by atoms with E-state index in [1.54, 1.807) is 29.1 Å². The maximum atomic E-state index is 13.8. The van der Waals surface area contributed by atoms with Crippen molar-refractivity contribution >= 4 is 5.91 Å². The molecule has 0 saturated carbocycles. The molecule has 1 unspecified atom stereocenters. The van der Waals surface area contributed by atoms with Crippen LogP contribution in [-0.2, 0) is 18.3 Å². The fourth-order valence-corrected chi connectivity index (χ4v) is 3.33. The highest BCUT2D eigenvalue weighted by atomic mass is 19.1. The van der Waals surface area contributed by atoms with Crippen LogP contribution in [0.1, 0.15) is 36.2 Å². The SMILES string of the molecule is Cn1ccnc1C(NC(=O)CCCc1nc(-c2ccccc2)no1)c1cccc(F)c1. The van der Waals surface area contributed by atoms with Gasteiger partial charge in [0.25, 0.3) is 0 Å². The van der Waals surface area contributed by atoms with Crippen LogP contribution < -0.4 is 5.32 Å². The zero-order valence-electron chi connectivity index (χ0n) is 17.0. The van der Waals surface area contributed by atoms with Crippen LogP contribution >= 0.6 is 0 Å². The van der Waals surface area contributed by atoms with Crippen LogP contribution in [0.2, 0.25) is 0 Å². The van der Waals surface area contributed by atoms with E-state index in [4.69, 9.17) is 4.52 Å². The Kier molecular flexibility index (Phi) is 6.16. The second-order valence-electron chi connectivity index (χ2n) is 7.18. The highest BCUT2D eigenvalue weighted by Gasteiger charge is 2.21. The molecule has 158 valence electrons. The fourth-order valence-electron chi connectivity index (χ4n) is 3.33. The summed E-state index contributed by atoms with van der Waals surface area (Å²) in [5.41, 5.74) is 1.51.